The van der Waals surface area contributed by atoms with E-state index in [2.05, 4.69) is 0 Å². The Morgan fingerprint density at radius 1 is 1.57 bits per heavy atom. The van der Waals surface area contributed by atoms with Gasteiger partial charge in [-0.2, -0.15) is 0 Å². The third kappa shape index (κ3) is 2.01. The van der Waals surface area contributed by atoms with Gasteiger partial charge in [-0.15, -0.1) is 0 Å². The first-order chi connectivity index (χ1) is 6.45. The van der Waals surface area contributed by atoms with Crippen molar-refractivity contribution >= 4 is 45.1 Å². The minimum Gasteiger partial charge on any atom is -0.275 e. The van der Waals surface area contributed by atoms with Gasteiger partial charge in [0.25, 0.3) is 10.9 Å². The Bertz CT molecular complexity index is 385. The molecule has 0 amide bonds. The predicted molar refractivity (Wildman–Crippen MR) is 56.0 cm³/mol. The zero-order chi connectivity index (χ0) is 10.9. The van der Waals surface area contributed by atoms with Gasteiger partial charge < -0.3 is 0 Å². The van der Waals surface area contributed by atoms with Crippen LogP contribution in [0.1, 0.15) is 10.4 Å². The predicted octanol–water partition coefficient (Wildman–Crippen LogP) is 2.72. The fourth-order valence-corrected chi connectivity index (χ4v) is 1.65. The van der Waals surface area contributed by atoms with E-state index in [-0.39, 0.29) is 14.8 Å². The maximum atomic E-state index is 13.3. The fourth-order valence-electron chi connectivity index (χ4n) is 0.832. The van der Waals surface area contributed by atoms with Crippen LogP contribution in [0.3, 0.4) is 0 Å². The number of hydrogen-bond acceptors (Lipinski definition) is 3. The van der Waals surface area contributed by atoms with Gasteiger partial charge in [-0.1, -0.05) is 0 Å². The first-order valence-electron chi connectivity index (χ1n) is 3.27. The molecular formula is C7H2ClFINO3. The average molecular weight is 329 g/mol. The Morgan fingerprint density at radius 2 is 2.14 bits per heavy atom. The maximum Gasteiger partial charge on any atom is 0.285 e. The van der Waals surface area contributed by atoms with Crippen LogP contribution in [0.4, 0.5) is 10.1 Å². The van der Waals surface area contributed by atoms with E-state index in [1.165, 1.54) is 22.6 Å². The number of rotatable bonds is 2. The lowest BCUT2D eigenvalue weighted by Gasteiger charge is -2.00. The Kier molecular flexibility index (Phi) is 3.38. The van der Waals surface area contributed by atoms with Crippen molar-refractivity contribution in [1.29, 1.82) is 0 Å². The summed E-state index contributed by atoms with van der Waals surface area (Å²) < 4.78 is 13.0. The minimum atomic E-state index is -0.977. The molecule has 0 fully saturated rings. The summed E-state index contributed by atoms with van der Waals surface area (Å²) in [6.45, 7) is 0. The summed E-state index contributed by atoms with van der Waals surface area (Å²) in [5.74, 6) is -0.959. The molecule has 1 rings (SSSR count). The fraction of sp³-hybridized carbons (Fsp3) is 0. The van der Waals surface area contributed by atoms with Crippen LogP contribution < -0.4 is 0 Å². The molecule has 0 spiro atoms. The molecule has 0 saturated heterocycles. The van der Waals surface area contributed by atoms with Crippen LogP contribution in [0.5, 0.6) is 0 Å². The van der Waals surface area contributed by atoms with E-state index >= 15 is 0 Å². The lowest BCUT2D eigenvalue weighted by molar-refractivity contribution is -0.386. The molecule has 0 aromatic heterocycles. The topological polar surface area (TPSA) is 60.2 Å². The first kappa shape index (κ1) is 11.3. The molecule has 0 atom stereocenters. The van der Waals surface area contributed by atoms with E-state index in [4.69, 9.17) is 11.6 Å². The highest BCUT2D eigenvalue weighted by Gasteiger charge is 2.21. The third-order valence-corrected chi connectivity index (χ3v) is 2.70. The molecule has 1 aromatic carbocycles. The van der Waals surface area contributed by atoms with Crippen molar-refractivity contribution in [2.24, 2.45) is 0 Å². The lowest BCUT2D eigenvalue weighted by Crippen LogP contribution is -2.01. The summed E-state index contributed by atoms with van der Waals surface area (Å²) in [4.78, 5) is 20.3. The molecule has 0 bridgehead atoms. The molecule has 74 valence electrons. The summed E-state index contributed by atoms with van der Waals surface area (Å²) in [6, 6.07) is 2.03. The molecule has 0 aliphatic rings. The van der Waals surface area contributed by atoms with Crippen LogP contribution >= 0.6 is 34.2 Å². The summed E-state index contributed by atoms with van der Waals surface area (Å²) in [5.41, 5.74) is -0.744. The molecule has 4 nitrogen and oxygen atoms in total. The van der Waals surface area contributed by atoms with Gasteiger partial charge in [0.2, 0.25) is 0 Å². The van der Waals surface area contributed by atoms with Gasteiger partial charge >= 0.3 is 0 Å². The Hall–Kier alpha value is -0.760. The highest BCUT2D eigenvalue weighted by Crippen LogP contribution is 2.26. The number of halogens is 3. The van der Waals surface area contributed by atoms with E-state index in [1.807, 2.05) is 0 Å². The minimum absolute atomic E-state index is 0.223. The smallest absolute Gasteiger partial charge is 0.275 e. The molecule has 7 heteroatoms. The number of carbonyl (C=O) groups is 1. The molecule has 0 aliphatic carbocycles. The van der Waals surface area contributed by atoms with E-state index in [0.717, 1.165) is 12.1 Å². The summed E-state index contributed by atoms with van der Waals surface area (Å²) in [7, 11) is 0. The Labute approximate surface area is 96.3 Å². The van der Waals surface area contributed by atoms with Crippen molar-refractivity contribution in [3.63, 3.8) is 0 Å². The largest absolute Gasteiger partial charge is 0.285 e. The molecule has 0 radical (unpaired) electrons. The highest BCUT2D eigenvalue weighted by atomic mass is 127. The number of carbonyl (C=O) groups excluding carboxylic acids is 1. The zero-order valence-corrected chi connectivity index (χ0v) is 9.37. The number of hydrogen-bond donors (Lipinski definition) is 0. The second kappa shape index (κ2) is 4.18. The summed E-state index contributed by atoms with van der Waals surface area (Å²) in [5, 5.41) is 9.39. The normalized spacial score (nSPS) is 9.93. The molecule has 0 saturated carbocycles. The van der Waals surface area contributed by atoms with Crippen molar-refractivity contribution in [1.82, 2.24) is 0 Å². The van der Waals surface area contributed by atoms with Gasteiger partial charge in [0, 0.05) is 6.07 Å². The lowest BCUT2D eigenvalue weighted by atomic mass is 10.2. The molecule has 14 heavy (non-hydrogen) atoms. The van der Waals surface area contributed by atoms with E-state index in [1.54, 1.807) is 0 Å². The molecule has 1 aromatic rings. The van der Waals surface area contributed by atoms with Gasteiger partial charge in [-0.05, 0) is 40.3 Å². The maximum absolute atomic E-state index is 13.3. The monoisotopic (exact) mass is 329 g/mol. The van der Waals surface area contributed by atoms with Gasteiger partial charge in [-0.3, -0.25) is 14.9 Å². The highest BCUT2D eigenvalue weighted by molar-refractivity contribution is 14.1. The van der Waals surface area contributed by atoms with E-state index < -0.39 is 16.0 Å². The number of nitro groups is 1. The van der Waals surface area contributed by atoms with Crippen molar-refractivity contribution in [2.75, 3.05) is 0 Å². The van der Waals surface area contributed by atoms with Crippen molar-refractivity contribution in [3.05, 3.63) is 37.2 Å². The Morgan fingerprint density at radius 3 is 2.57 bits per heavy atom. The average Bonchev–Trinajstić information content (AvgIpc) is 2.08. The zero-order valence-electron chi connectivity index (χ0n) is 6.46. The van der Waals surface area contributed by atoms with Crippen molar-refractivity contribution in [2.45, 2.75) is 0 Å². The van der Waals surface area contributed by atoms with E-state index in [0.29, 0.717) is 0 Å². The quantitative estimate of drug-likeness (QED) is 0.363. The summed E-state index contributed by atoms with van der Waals surface area (Å²) in [6.07, 6.45) is 0. The van der Waals surface area contributed by atoms with Crippen LogP contribution in [-0.2, 0) is 0 Å². The van der Waals surface area contributed by atoms with Gasteiger partial charge in [-0.25, -0.2) is 4.39 Å². The van der Waals surface area contributed by atoms with Crippen molar-refractivity contribution in [3.8, 4) is 0 Å². The Balaban J connectivity index is 3.41. The van der Waals surface area contributed by atoms with Crippen LogP contribution in [-0.4, -0.2) is 10.2 Å². The van der Waals surface area contributed by atoms with Gasteiger partial charge in [0.15, 0.2) is 5.82 Å². The first-order valence-corrected chi connectivity index (χ1v) is 4.73. The van der Waals surface area contributed by atoms with Gasteiger partial charge in [0.1, 0.15) is 3.57 Å². The van der Waals surface area contributed by atoms with Crippen LogP contribution in [0.25, 0.3) is 0 Å². The SMILES string of the molecule is O=C(Cl)c1ccc([N+](=O)[O-])c(I)c1F. The third-order valence-electron chi connectivity index (χ3n) is 1.47. The number of nitro benzene ring substituents is 1. The van der Waals surface area contributed by atoms with Crippen molar-refractivity contribution < 1.29 is 14.1 Å². The second-order valence-corrected chi connectivity index (χ2v) is 3.71. The van der Waals surface area contributed by atoms with Crippen LogP contribution in [0.15, 0.2) is 12.1 Å². The molecule has 0 aliphatic heterocycles. The van der Waals surface area contributed by atoms with E-state index in [9.17, 15) is 19.3 Å². The molecular weight excluding hydrogens is 327 g/mol. The standard InChI is InChI=1S/C7H2ClFINO3/c8-7(12)3-1-2-4(11(13)14)6(10)5(3)9/h1-2H. The van der Waals surface area contributed by atoms with Crippen LogP contribution in [0.2, 0.25) is 0 Å². The van der Waals surface area contributed by atoms with Crippen LogP contribution in [0, 0.1) is 19.5 Å². The second-order valence-electron chi connectivity index (χ2n) is 2.29. The number of benzene rings is 1. The molecule has 0 heterocycles. The molecule has 0 unspecified atom stereocenters. The molecule has 0 N–H and O–H groups in total. The number of nitrogens with zero attached hydrogens (tertiary/aromatic N) is 1. The van der Waals surface area contributed by atoms with Gasteiger partial charge in [0.05, 0.1) is 10.5 Å². The summed E-state index contributed by atoms with van der Waals surface area (Å²) >= 11 is 6.51.